The van der Waals surface area contributed by atoms with E-state index >= 15 is 0 Å². The SMILES string of the molecule is CC(C)(CNCc1ccc(C#N)cc1)C(=O)O. The van der Waals surface area contributed by atoms with Gasteiger partial charge in [0.1, 0.15) is 0 Å². The van der Waals surface area contributed by atoms with E-state index in [9.17, 15) is 4.79 Å². The first kappa shape index (κ1) is 13.2. The van der Waals surface area contributed by atoms with E-state index in [0.717, 1.165) is 5.56 Å². The van der Waals surface area contributed by atoms with E-state index in [1.807, 2.05) is 12.1 Å². The molecule has 0 heterocycles. The average Bonchev–Trinajstić information content (AvgIpc) is 2.29. The van der Waals surface area contributed by atoms with Crippen LogP contribution in [0.25, 0.3) is 0 Å². The molecule has 1 aromatic rings. The van der Waals surface area contributed by atoms with Crippen LogP contribution in [-0.2, 0) is 11.3 Å². The number of nitrogens with zero attached hydrogens (tertiary/aromatic N) is 1. The minimum absolute atomic E-state index is 0.405. The summed E-state index contributed by atoms with van der Waals surface area (Å²) in [5.41, 5.74) is 0.886. The van der Waals surface area contributed by atoms with Crippen LogP contribution < -0.4 is 5.32 Å². The molecule has 17 heavy (non-hydrogen) atoms. The molecule has 0 bridgehead atoms. The van der Waals surface area contributed by atoms with Crippen molar-refractivity contribution in [3.63, 3.8) is 0 Å². The number of benzene rings is 1. The van der Waals surface area contributed by atoms with Gasteiger partial charge in [0.2, 0.25) is 0 Å². The molecule has 2 N–H and O–H groups in total. The number of carboxylic acids is 1. The highest BCUT2D eigenvalue weighted by Gasteiger charge is 2.26. The molecule has 4 nitrogen and oxygen atoms in total. The van der Waals surface area contributed by atoms with Gasteiger partial charge in [-0.2, -0.15) is 5.26 Å². The summed E-state index contributed by atoms with van der Waals surface area (Å²) in [6, 6.07) is 9.27. The van der Waals surface area contributed by atoms with Crippen LogP contribution in [0.5, 0.6) is 0 Å². The Morgan fingerprint density at radius 2 is 2.00 bits per heavy atom. The second-order valence-corrected chi connectivity index (χ2v) is 4.60. The lowest BCUT2D eigenvalue weighted by Crippen LogP contribution is -2.35. The Kier molecular flexibility index (Phi) is 4.24. The van der Waals surface area contributed by atoms with Crippen LogP contribution in [0.1, 0.15) is 25.0 Å². The highest BCUT2D eigenvalue weighted by molar-refractivity contribution is 5.73. The van der Waals surface area contributed by atoms with Crippen LogP contribution in [-0.4, -0.2) is 17.6 Å². The molecule has 0 aromatic heterocycles. The molecule has 0 atom stereocenters. The Morgan fingerprint density at radius 1 is 1.41 bits per heavy atom. The van der Waals surface area contributed by atoms with E-state index in [1.165, 1.54) is 0 Å². The van der Waals surface area contributed by atoms with Gasteiger partial charge in [-0.05, 0) is 31.5 Å². The Balaban J connectivity index is 2.46. The van der Waals surface area contributed by atoms with Gasteiger partial charge in [0, 0.05) is 13.1 Å². The number of nitrogens with one attached hydrogen (secondary N) is 1. The first-order chi connectivity index (χ1) is 7.95. The number of rotatable bonds is 5. The molecule has 0 fully saturated rings. The van der Waals surface area contributed by atoms with Crippen molar-refractivity contribution in [2.45, 2.75) is 20.4 Å². The topological polar surface area (TPSA) is 73.1 Å². The van der Waals surface area contributed by atoms with Crippen molar-refractivity contribution >= 4 is 5.97 Å². The first-order valence-corrected chi connectivity index (χ1v) is 5.39. The van der Waals surface area contributed by atoms with Crippen LogP contribution in [0, 0.1) is 16.7 Å². The maximum absolute atomic E-state index is 10.9. The predicted molar refractivity (Wildman–Crippen MR) is 64.3 cm³/mol. The summed E-state index contributed by atoms with van der Waals surface area (Å²) >= 11 is 0. The van der Waals surface area contributed by atoms with Crippen molar-refractivity contribution in [1.29, 1.82) is 5.26 Å². The number of carboxylic acid groups (broad SMARTS) is 1. The molecule has 1 rings (SSSR count). The van der Waals surface area contributed by atoms with Gasteiger partial charge in [-0.1, -0.05) is 12.1 Å². The Bertz CT molecular complexity index is 430. The monoisotopic (exact) mass is 232 g/mol. The fraction of sp³-hybridized carbons (Fsp3) is 0.385. The molecule has 4 heteroatoms. The molecule has 0 aliphatic rings. The van der Waals surface area contributed by atoms with Crippen LogP contribution in [0.4, 0.5) is 0 Å². The van der Waals surface area contributed by atoms with Gasteiger partial charge in [-0.25, -0.2) is 0 Å². The first-order valence-electron chi connectivity index (χ1n) is 5.39. The quantitative estimate of drug-likeness (QED) is 0.811. The molecule has 0 radical (unpaired) electrons. The molecule has 0 aliphatic carbocycles. The highest BCUT2D eigenvalue weighted by Crippen LogP contribution is 2.13. The minimum Gasteiger partial charge on any atom is -0.481 e. The lowest BCUT2D eigenvalue weighted by molar-refractivity contribution is -0.146. The number of carbonyl (C=O) groups is 1. The molecule has 90 valence electrons. The lowest BCUT2D eigenvalue weighted by Gasteiger charge is -2.19. The van der Waals surface area contributed by atoms with Gasteiger partial charge in [0.25, 0.3) is 0 Å². The van der Waals surface area contributed by atoms with Crippen LogP contribution in [0.3, 0.4) is 0 Å². The summed E-state index contributed by atoms with van der Waals surface area (Å²) < 4.78 is 0. The third-order valence-electron chi connectivity index (χ3n) is 2.56. The van der Waals surface area contributed by atoms with Gasteiger partial charge in [-0.15, -0.1) is 0 Å². The van der Waals surface area contributed by atoms with Crippen LogP contribution in [0.2, 0.25) is 0 Å². The fourth-order valence-electron chi connectivity index (χ4n) is 1.29. The van der Waals surface area contributed by atoms with E-state index in [1.54, 1.807) is 26.0 Å². The number of hydrogen-bond acceptors (Lipinski definition) is 3. The van der Waals surface area contributed by atoms with Gasteiger partial charge < -0.3 is 10.4 Å². The normalized spacial score (nSPS) is 10.9. The van der Waals surface area contributed by atoms with Crippen molar-refractivity contribution in [2.75, 3.05) is 6.54 Å². The van der Waals surface area contributed by atoms with Crippen LogP contribution in [0.15, 0.2) is 24.3 Å². The second kappa shape index (κ2) is 5.46. The summed E-state index contributed by atoms with van der Waals surface area (Å²) in [5, 5.41) is 20.7. The third kappa shape index (κ3) is 3.89. The van der Waals surface area contributed by atoms with Gasteiger partial charge in [-0.3, -0.25) is 4.79 Å². The van der Waals surface area contributed by atoms with Crippen LogP contribution >= 0.6 is 0 Å². The largest absolute Gasteiger partial charge is 0.481 e. The molecule has 0 amide bonds. The summed E-state index contributed by atoms with van der Waals surface area (Å²) in [6.45, 7) is 4.37. The molecule has 0 unspecified atom stereocenters. The zero-order valence-electron chi connectivity index (χ0n) is 10.0. The van der Waals surface area contributed by atoms with E-state index in [0.29, 0.717) is 18.7 Å². The third-order valence-corrected chi connectivity index (χ3v) is 2.56. The Labute approximate surface area is 101 Å². The number of aliphatic carboxylic acids is 1. The number of hydrogen-bond donors (Lipinski definition) is 2. The van der Waals surface area contributed by atoms with Gasteiger partial charge in [0.15, 0.2) is 0 Å². The van der Waals surface area contributed by atoms with Crippen molar-refractivity contribution < 1.29 is 9.90 Å². The van der Waals surface area contributed by atoms with Gasteiger partial charge in [0.05, 0.1) is 17.0 Å². The summed E-state index contributed by atoms with van der Waals surface area (Å²) in [7, 11) is 0. The average molecular weight is 232 g/mol. The van der Waals surface area contributed by atoms with Crippen molar-refractivity contribution in [1.82, 2.24) is 5.32 Å². The van der Waals surface area contributed by atoms with Crippen molar-refractivity contribution in [3.05, 3.63) is 35.4 Å². The van der Waals surface area contributed by atoms with Crippen molar-refractivity contribution in [3.8, 4) is 6.07 Å². The van der Waals surface area contributed by atoms with Crippen molar-refractivity contribution in [2.24, 2.45) is 5.41 Å². The fourth-order valence-corrected chi connectivity index (χ4v) is 1.29. The van der Waals surface area contributed by atoms with E-state index in [4.69, 9.17) is 10.4 Å². The molecular weight excluding hydrogens is 216 g/mol. The standard InChI is InChI=1S/C13H16N2O2/c1-13(2,12(16)17)9-15-8-11-5-3-10(7-14)4-6-11/h3-6,15H,8-9H2,1-2H3,(H,16,17). The molecule has 0 saturated heterocycles. The molecule has 0 aliphatic heterocycles. The maximum atomic E-state index is 10.9. The second-order valence-electron chi connectivity index (χ2n) is 4.60. The lowest BCUT2D eigenvalue weighted by atomic mass is 9.94. The zero-order valence-corrected chi connectivity index (χ0v) is 10.0. The van der Waals surface area contributed by atoms with E-state index in [2.05, 4.69) is 11.4 Å². The number of nitriles is 1. The summed E-state index contributed by atoms with van der Waals surface area (Å²) in [5.74, 6) is -0.815. The Morgan fingerprint density at radius 3 is 2.47 bits per heavy atom. The summed E-state index contributed by atoms with van der Waals surface area (Å²) in [4.78, 5) is 10.9. The highest BCUT2D eigenvalue weighted by atomic mass is 16.4. The summed E-state index contributed by atoms with van der Waals surface area (Å²) in [6.07, 6.45) is 0. The molecule has 0 saturated carbocycles. The van der Waals surface area contributed by atoms with Gasteiger partial charge >= 0.3 is 5.97 Å². The maximum Gasteiger partial charge on any atom is 0.310 e. The van der Waals surface area contributed by atoms with E-state index < -0.39 is 11.4 Å². The van der Waals surface area contributed by atoms with E-state index in [-0.39, 0.29) is 0 Å². The minimum atomic E-state index is -0.815. The predicted octanol–water partition coefficient (Wildman–Crippen LogP) is 1.76. The Hall–Kier alpha value is -1.86. The zero-order chi connectivity index (χ0) is 12.9. The molecule has 0 spiro atoms. The molecular formula is C13H16N2O2. The smallest absolute Gasteiger partial charge is 0.310 e. The molecule has 1 aromatic carbocycles.